The Labute approximate surface area is 130 Å². The van der Waals surface area contributed by atoms with Gasteiger partial charge in [-0.1, -0.05) is 13.8 Å². The molecule has 1 aromatic carbocycles. The summed E-state index contributed by atoms with van der Waals surface area (Å²) in [6.45, 7) is 4.26. The van der Waals surface area contributed by atoms with Gasteiger partial charge in [-0.3, -0.25) is 14.9 Å². The molecule has 20 heavy (non-hydrogen) atoms. The normalized spacial score (nSPS) is 12.2. The number of anilines is 1. The molecule has 0 heterocycles. The van der Waals surface area contributed by atoms with Crippen LogP contribution in [0.25, 0.3) is 0 Å². The van der Waals surface area contributed by atoms with E-state index in [1.807, 2.05) is 36.4 Å². The zero-order valence-corrected chi connectivity index (χ0v) is 13.5. The van der Waals surface area contributed by atoms with Crippen LogP contribution >= 0.6 is 22.6 Å². The van der Waals surface area contributed by atoms with Crippen molar-refractivity contribution in [2.45, 2.75) is 20.3 Å². The van der Waals surface area contributed by atoms with Crippen molar-refractivity contribution in [1.82, 2.24) is 0 Å². The second-order valence-corrected chi connectivity index (χ2v) is 6.13. The summed E-state index contributed by atoms with van der Waals surface area (Å²) >= 11 is 1.99. The number of carbonyl (C=O) groups is 1. The Hall–Kier alpha value is -1.38. The molecule has 0 radical (unpaired) electrons. The van der Waals surface area contributed by atoms with Crippen LogP contribution in [0.4, 0.5) is 11.4 Å². The van der Waals surface area contributed by atoms with E-state index in [9.17, 15) is 14.9 Å². The Morgan fingerprint density at radius 2 is 2.15 bits per heavy atom. The second-order valence-electron chi connectivity index (χ2n) is 4.97. The Balaban J connectivity index is 2.73. The van der Waals surface area contributed by atoms with Crippen molar-refractivity contribution < 1.29 is 14.8 Å². The summed E-state index contributed by atoms with van der Waals surface area (Å²) in [5.74, 6) is -1.00. The van der Waals surface area contributed by atoms with Crippen molar-refractivity contribution in [3.05, 3.63) is 31.9 Å². The molecule has 1 aromatic rings. The van der Waals surface area contributed by atoms with Gasteiger partial charge >= 0.3 is 5.97 Å². The third-order valence-electron chi connectivity index (χ3n) is 2.81. The predicted octanol–water partition coefficient (Wildman–Crippen LogP) is 3.36. The van der Waals surface area contributed by atoms with E-state index in [-0.39, 0.29) is 5.69 Å². The molecular formula is C13H17IN2O4. The van der Waals surface area contributed by atoms with Crippen molar-refractivity contribution in [3.8, 4) is 0 Å². The fourth-order valence-electron chi connectivity index (χ4n) is 1.83. The minimum Gasteiger partial charge on any atom is -0.481 e. The van der Waals surface area contributed by atoms with Gasteiger partial charge in [0.05, 0.1) is 10.8 Å². The third-order valence-corrected chi connectivity index (χ3v) is 3.70. The number of hydrogen-bond donors (Lipinski definition) is 2. The molecule has 0 aromatic heterocycles. The van der Waals surface area contributed by atoms with Gasteiger partial charge in [0.1, 0.15) is 0 Å². The first kappa shape index (κ1) is 16.7. The zero-order valence-electron chi connectivity index (χ0n) is 11.3. The first-order valence-electron chi connectivity index (χ1n) is 6.22. The lowest BCUT2D eigenvalue weighted by Crippen LogP contribution is -2.24. The lowest BCUT2D eigenvalue weighted by atomic mass is 9.97. The molecule has 0 bridgehead atoms. The minimum atomic E-state index is -0.830. The van der Waals surface area contributed by atoms with Crippen LogP contribution in [0.15, 0.2) is 18.2 Å². The summed E-state index contributed by atoms with van der Waals surface area (Å²) in [5.41, 5.74) is 0.739. The molecule has 6 nitrogen and oxygen atoms in total. The van der Waals surface area contributed by atoms with Crippen molar-refractivity contribution in [2.24, 2.45) is 11.8 Å². The molecule has 1 rings (SSSR count). The molecule has 0 fully saturated rings. The number of carboxylic acid groups (broad SMARTS) is 1. The summed E-state index contributed by atoms with van der Waals surface area (Å²) in [4.78, 5) is 21.3. The summed E-state index contributed by atoms with van der Waals surface area (Å²) in [7, 11) is 0. The number of rotatable bonds is 7. The molecule has 0 saturated heterocycles. The Kier molecular flexibility index (Phi) is 6.18. The highest BCUT2D eigenvalue weighted by Gasteiger charge is 2.19. The molecule has 1 atom stereocenters. The number of hydrogen-bond acceptors (Lipinski definition) is 4. The van der Waals surface area contributed by atoms with Crippen LogP contribution in [0, 0.1) is 25.5 Å². The highest BCUT2D eigenvalue weighted by molar-refractivity contribution is 14.1. The first-order valence-corrected chi connectivity index (χ1v) is 7.29. The topological polar surface area (TPSA) is 92.5 Å². The molecule has 0 aliphatic carbocycles. The molecule has 2 N–H and O–H groups in total. The standard InChI is InChI=1S/C13H17IN2O4/c1-8(2)5-9(13(17)18)7-15-12-4-3-10(16(19)20)6-11(12)14/h3-4,6,8-9,15H,5,7H2,1-2H3,(H,17,18). The molecule has 7 heteroatoms. The minimum absolute atomic E-state index is 0.0249. The quantitative estimate of drug-likeness (QED) is 0.422. The molecule has 0 amide bonds. The van der Waals surface area contributed by atoms with E-state index in [0.29, 0.717) is 28.1 Å². The summed E-state index contributed by atoms with van der Waals surface area (Å²) in [6.07, 6.45) is 0.589. The summed E-state index contributed by atoms with van der Waals surface area (Å²) in [6, 6.07) is 4.47. The van der Waals surface area contributed by atoms with Crippen molar-refractivity contribution in [1.29, 1.82) is 0 Å². The smallest absolute Gasteiger partial charge is 0.308 e. The molecule has 0 saturated carbocycles. The van der Waals surface area contributed by atoms with Crippen LogP contribution in [0.1, 0.15) is 20.3 Å². The van der Waals surface area contributed by atoms with Crippen LogP contribution in [0.2, 0.25) is 0 Å². The average Bonchev–Trinajstić information content (AvgIpc) is 2.34. The number of benzene rings is 1. The Bertz CT molecular complexity index is 505. The van der Waals surface area contributed by atoms with Gasteiger partial charge in [0.2, 0.25) is 0 Å². The van der Waals surface area contributed by atoms with Crippen LogP contribution < -0.4 is 5.32 Å². The van der Waals surface area contributed by atoms with E-state index >= 15 is 0 Å². The van der Waals surface area contributed by atoms with Crippen molar-refractivity contribution >= 4 is 39.9 Å². The summed E-state index contributed by atoms with van der Waals surface area (Å²) < 4.78 is 0.700. The maximum Gasteiger partial charge on any atom is 0.308 e. The van der Waals surface area contributed by atoms with Gasteiger partial charge < -0.3 is 10.4 Å². The maximum absolute atomic E-state index is 11.2. The van der Waals surface area contributed by atoms with Gasteiger partial charge in [-0.15, -0.1) is 0 Å². The number of aliphatic carboxylic acids is 1. The first-order chi connectivity index (χ1) is 9.31. The van der Waals surface area contributed by atoms with Crippen LogP contribution in [0.3, 0.4) is 0 Å². The highest BCUT2D eigenvalue weighted by Crippen LogP contribution is 2.24. The van der Waals surface area contributed by atoms with Gasteiger partial charge in [-0.25, -0.2) is 0 Å². The Morgan fingerprint density at radius 1 is 1.50 bits per heavy atom. The molecule has 1 unspecified atom stereocenters. The van der Waals surface area contributed by atoms with E-state index in [1.165, 1.54) is 12.1 Å². The molecule has 0 aliphatic rings. The molecule has 0 spiro atoms. The van der Waals surface area contributed by atoms with Gasteiger partial charge in [0.25, 0.3) is 5.69 Å². The van der Waals surface area contributed by atoms with Gasteiger partial charge in [-0.2, -0.15) is 0 Å². The van der Waals surface area contributed by atoms with Crippen LogP contribution in [-0.2, 0) is 4.79 Å². The maximum atomic E-state index is 11.2. The van der Waals surface area contributed by atoms with E-state index in [0.717, 1.165) is 0 Å². The van der Waals surface area contributed by atoms with E-state index in [2.05, 4.69) is 5.32 Å². The lowest BCUT2D eigenvalue weighted by molar-refractivity contribution is -0.384. The molecule has 0 aliphatic heterocycles. The SMILES string of the molecule is CC(C)CC(CNc1ccc([N+](=O)[O-])cc1I)C(=O)O. The number of non-ortho nitro benzene ring substituents is 1. The Morgan fingerprint density at radius 3 is 2.60 bits per heavy atom. The van der Waals surface area contributed by atoms with E-state index in [1.54, 1.807) is 6.07 Å². The van der Waals surface area contributed by atoms with Gasteiger partial charge in [-0.05, 0) is 41.0 Å². The zero-order chi connectivity index (χ0) is 15.3. The van der Waals surface area contributed by atoms with Crippen molar-refractivity contribution in [3.63, 3.8) is 0 Å². The van der Waals surface area contributed by atoms with E-state index < -0.39 is 16.8 Å². The lowest BCUT2D eigenvalue weighted by Gasteiger charge is -2.16. The predicted molar refractivity (Wildman–Crippen MR) is 84.9 cm³/mol. The number of halogens is 1. The van der Waals surface area contributed by atoms with Gasteiger partial charge in [0, 0.05) is 27.9 Å². The fraction of sp³-hybridized carbons (Fsp3) is 0.462. The van der Waals surface area contributed by atoms with Crippen LogP contribution in [-0.4, -0.2) is 22.5 Å². The largest absolute Gasteiger partial charge is 0.481 e. The van der Waals surface area contributed by atoms with E-state index in [4.69, 9.17) is 5.11 Å². The van der Waals surface area contributed by atoms with Crippen molar-refractivity contribution in [2.75, 3.05) is 11.9 Å². The third kappa shape index (κ3) is 4.95. The second kappa shape index (κ2) is 7.41. The summed E-state index contributed by atoms with van der Waals surface area (Å²) in [5, 5.41) is 22.9. The number of nitrogens with zero attached hydrogens (tertiary/aromatic N) is 1. The highest BCUT2D eigenvalue weighted by atomic mass is 127. The molecule has 110 valence electrons. The van der Waals surface area contributed by atoms with Crippen LogP contribution in [0.5, 0.6) is 0 Å². The fourth-order valence-corrected chi connectivity index (χ4v) is 2.52. The number of nitrogens with one attached hydrogen (secondary N) is 1. The number of carboxylic acids is 1. The number of nitro benzene ring substituents is 1. The number of nitro groups is 1. The molecular weight excluding hydrogens is 375 g/mol. The average molecular weight is 392 g/mol. The monoisotopic (exact) mass is 392 g/mol. The van der Waals surface area contributed by atoms with Gasteiger partial charge in [0.15, 0.2) is 0 Å².